The molecule has 0 heterocycles. The number of carbonyl (C=O) groups excluding carboxylic acids is 3. The van der Waals surface area contributed by atoms with E-state index in [-0.39, 0.29) is 18.4 Å². The smallest absolute Gasteiger partial charge is 0.337 e. The number of nitrogens with one attached hydrogen (secondary N) is 1. The maximum atomic E-state index is 12.2. The van der Waals surface area contributed by atoms with Crippen molar-refractivity contribution in [2.24, 2.45) is 0 Å². The zero-order valence-electron chi connectivity index (χ0n) is 13.8. The van der Waals surface area contributed by atoms with Crippen LogP contribution in [0.5, 0.6) is 0 Å². The fourth-order valence-corrected chi connectivity index (χ4v) is 2.43. The summed E-state index contributed by atoms with van der Waals surface area (Å²) in [5, 5.41) is 3.05. The first-order valence-corrected chi connectivity index (χ1v) is 7.81. The number of hydrogen-bond acceptors (Lipinski definition) is 4. The van der Waals surface area contributed by atoms with Crippen molar-refractivity contribution in [1.82, 2.24) is 0 Å². The van der Waals surface area contributed by atoms with Crippen molar-refractivity contribution in [1.29, 1.82) is 0 Å². The fraction of sp³-hybridized carbons (Fsp3) is 0.167. The molecule has 0 bridgehead atoms. The Labute approximate surface area is 150 Å². The number of esters is 1. The third-order valence-electron chi connectivity index (χ3n) is 3.41. The summed E-state index contributed by atoms with van der Waals surface area (Å²) < 4.78 is 4.61. The summed E-state index contributed by atoms with van der Waals surface area (Å²) >= 11 is 6.10. The quantitative estimate of drug-likeness (QED) is 0.831. The molecule has 6 nitrogen and oxygen atoms in total. The lowest BCUT2D eigenvalue weighted by atomic mass is 10.2. The van der Waals surface area contributed by atoms with Crippen LogP contribution in [0.1, 0.15) is 17.3 Å². The number of amides is 2. The van der Waals surface area contributed by atoms with E-state index in [4.69, 9.17) is 11.6 Å². The standard InChI is InChI=1S/C18H17ClN2O4/c1-12(22)21(16-6-4-3-5-15(16)19)11-17(23)20-14-9-7-13(8-10-14)18(24)25-2/h3-10H,11H2,1-2H3,(H,20,23). The van der Waals surface area contributed by atoms with Gasteiger partial charge in [0.25, 0.3) is 0 Å². The predicted octanol–water partition coefficient (Wildman–Crippen LogP) is 3.12. The van der Waals surface area contributed by atoms with Gasteiger partial charge in [-0.15, -0.1) is 0 Å². The van der Waals surface area contributed by atoms with Crippen LogP contribution in [0, 0.1) is 0 Å². The molecule has 0 aromatic heterocycles. The molecule has 1 N–H and O–H groups in total. The van der Waals surface area contributed by atoms with Crippen LogP contribution in [0.25, 0.3) is 0 Å². The number of benzene rings is 2. The normalized spacial score (nSPS) is 10.0. The Kier molecular flexibility index (Phi) is 6.14. The topological polar surface area (TPSA) is 75.7 Å². The van der Waals surface area contributed by atoms with E-state index in [0.717, 1.165) is 0 Å². The molecule has 0 aliphatic carbocycles. The fourth-order valence-electron chi connectivity index (χ4n) is 2.19. The van der Waals surface area contributed by atoms with E-state index in [1.807, 2.05) is 0 Å². The Balaban J connectivity index is 2.08. The van der Waals surface area contributed by atoms with E-state index < -0.39 is 5.97 Å². The van der Waals surface area contributed by atoms with Gasteiger partial charge in [-0.25, -0.2) is 4.79 Å². The number of nitrogens with zero attached hydrogens (tertiary/aromatic N) is 1. The van der Waals surface area contributed by atoms with Crippen LogP contribution in [-0.2, 0) is 14.3 Å². The number of para-hydroxylation sites is 1. The molecule has 0 atom stereocenters. The van der Waals surface area contributed by atoms with Crippen LogP contribution in [0.2, 0.25) is 5.02 Å². The minimum atomic E-state index is -0.459. The molecular formula is C18H17ClN2O4. The zero-order chi connectivity index (χ0) is 18.4. The average molecular weight is 361 g/mol. The van der Waals surface area contributed by atoms with Crippen LogP contribution < -0.4 is 10.2 Å². The van der Waals surface area contributed by atoms with Crippen molar-refractivity contribution in [3.8, 4) is 0 Å². The Hall–Kier alpha value is -2.86. The van der Waals surface area contributed by atoms with Crippen LogP contribution in [0.3, 0.4) is 0 Å². The summed E-state index contributed by atoms with van der Waals surface area (Å²) in [6.07, 6.45) is 0. The number of ether oxygens (including phenoxy) is 1. The van der Waals surface area contributed by atoms with E-state index >= 15 is 0 Å². The molecule has 2 rings (SSSR count). The molecule has 0 aliphatic rings. The summed E-state index contributed by atoms with van der Waals surface area (Å²) in [5.74, 6) is -1.15. The summed E-state index contributed by atoms with van der Waals surface area (Å²) in [7, 11) is 1.29. The molecular weight excluding hydrogens is 344 g/mol. The molecule has 130 valence electrons. The number of halogens is 1. The van der Waals surface area contributed by atoms with Gasteiger partial charge in [-0.3, -0.25) is 9.59 Å². The highest BCUT2D eigenvalue weighted by atomic mass is 35.5. The van der Waals surface area contributed by atoms with E-state index in [9.17, 15) is 14.4 Å². The highest BCUT2D eigenvalue weighted by molar-refractivity contribution is 6.33. The van der Waals surface area contributed by atoms with Gasteiger partial charge >= 0.3 is 5.97 Å². The highest BCUT2D eigenvalue weighted by Crippen LogP contribution is 2.25. The van der Waals surface area contributed by atoms with Gasteiger partial charge in [0.05, 0.1) is 23.4 Å². The summed E-state index contributed by atoms with van der Waals surface area (Å²) in [4.78, 5) is 36.8. The highest BCUT2D eigenvalue weighted by Gasteiger charge is 2.18. The zero-order valence-corrected chi connectivity index (χ0v) is 14.5. The maximum Gasteiger partial charge on any atom is 0.337 e. The van der Waals surface area contributed by atoms with Gasteiger partial charge in [-0.05, 0) is 36.4 Å². The van der Waals surface area contributed by atoms with E-state index in [0.29, 0.717) is 22.0 Å². The molecule has 25 heavy (non-hydrogen) atoms. The minimum absolute atomic E-state index is 0.183. The van der Waals surface area contributed by atoms with Gasteiger partial charge in [0.1, 0.15) is 6.54 Å². The first-order chi connectivity index (χ1) is 11.9. The van der Waals surface area contributed by atoms with Crippen molar-refractivity contribution in [2.45, 2.75) is 6.92 Å². The second kappa shape index (κ2) is 8.30. The Morgan fingerprint density at radius 3 is 2.28 bits per heavy atom. The predicted molar refractivity (Wildman–Crippen MR) is 95.9 cm³/mol. The van der Waals surface area contributed by atoms with Crippen LogP contribution >= 0.6 is 11.6 Å². The van der Waals surface area contributed by atoms with Gasteiger partial charge < -0.3 is 15.0 Å². The van der Waals surface area contributed by atoms with Crippen molar-refractivity contribution < 1.29 is 19.1 Å². The lowest BCUT2D eigenvalue weighted by molar-refractivity contribution is -0.120. The van der Waals surface area contributed by atoms with Gasteiger partial charge in [0.15, 0.2) is 0 Å². The van der Waals surface area contributed by atoms with E-state index in [1.54, 1.807) is 36.4 Å². The largest absolute Gasteiger partial charge is 0.465 e. The van der Waals surface area contributed by atoms with Crippen molar-refractivity contribution >= 4 is 40.8 Å². The molecule has 7 heteroatoms. The Bertz CT molecular complexity index is 790. The van der Waals surface area contributed by atoms with Gasteiger partial charge in [0.2, 0.25) is 11.8 Å². The molecule has 2 aromatic carbocycles. The van der Waals surface area contributed by atoms with E-state index in [1.165, 1.54) is 31.1 Å². The van der Waals surface area contributed by atoms with Gasteiger partial charge in [0, 0.05) is 12.6 Å². The number of rotatable bonds is 5. The molecule has 0 saturated carbocycles. The van der Waals surface area contributed by atoms with Crippen molar-refractivity contribution in [3.05, 3.63) is 59.1 Å². The van der Waals surface area contributed by atoms with Gasteiger partial charge in [-0.2, -0.15) is 0 Å². The molecule has 0 radical (unpaired) electrons. The monoisotopic (exact) mass is 360 g/mol. The van der Waals surface area contributed by atoms with Gasteiger partial charge in [-0.1, -0.05) is 23.7 Å². The molecule has 0 spiro atoms. The number of methoxy groups -OCH3 is 1. The minimum Gasteiger partial charge on any atom is -0.465 e. The second-order valence-corrected chi connectivity index (χ2v) is 5.58. The summed E-state index contributed by atoms with van der Waals surface area (Å²) in [6.45, 7) is 1.18. The number of anilines is 2. The number of hydrogen-bond donors (Lipinski definition) is 1. The molecule has 2 aromatic rings. The number of carbonyl (C=O) groups is 3. The maximum absolute atomic E-state index is 12.2. The first-order valence-electron chi connectivity index (χ1n) is 7.43. The molecule has 0 fully saturated rings. The molecule has 0 saturated heterocycles. The summed E-state index contributed by atoms with van der Waals surface area (Å²) in [5.41, 5.74) is 1.34. The van der Waals surface area contributed by atoms with Crippen LogP contribution in [-0.4, -0.2) is 31.4 Å². The molecule has 0 aliphatic heterocycles. The van der Waals surface area contributed by atoms with Crippen LogP contribution in [0.15, 0.2) is 48.5 Å². The van der Waals surface area contributed by atoms with E-state index in [2.05, 4.69) is 10.1 Å². The second-order valence-electron chi connectivity index (χ2n) is 5.17. The lowest BCUT2D eigenvalue weighted by Crippen LogP contribution is -2.36. The van der Waals surface area contributed by atoms with Crippen LogP contribution in [0.4, 0.5) is 11.4 Å². The molecule has 2 amide bonds. The lowest BCUT2D eigenvalue weighted by Gasteiger charge is -2.21. The third kappa shape index (κ3) is 4.81. The van der Waals surface area contributed by atoms with Crippen molar-refractivity contribution in [3.63, 3.8) is 0 Å². The third-order valence-corrected chi connectivity index (χ3v) is 3.73. The Morgan fingerprint density at radius 1 is 1.08 bits per heavy atom. The van der Waals surface area contributed by atoms with Crippen molar-refractivity contribution in [2.75, 3.05) is 23.9 Å². The summed E-state index contributed by atoms with van der Waals surface area (Å²) in [6, 6.07) is 13.0. The first kappa shape index (κ1) is 18.5. The average Bonchev–Trinajstić information content (AvgIpc) is 2.60. The molecule has 0 unspecified atom stereocenters. The Morgan fingerprint density at radius 2 is 1.72 bits per heavy atom. The SMILES string of the molecule is COC(=O)c1ccc(NC(=O)CN(C(C)=O)c2ccccc2Cl)cc1.